The van der Waals surface area contributed by atoms with Crippen LogP contribution in [0, 0.1) is 0 Å². The van der Waals surface area contributed by atoms with Crippen LogP contribution in [0.3, 0.4) is 0 Å². The molecular formula is C25H24N2O4. The molecule has 0 unspecified atom stereocenters. The number of fused-ring (bicyclic) bond motifs is 2. The first-order chi connectivity index (χ1) is 15.1. The molecule has 0 spiro atoms. The number of amides is 1. The summed E-state index contributed by atoms with van der Waals surface area (Å²) in [7, 11) is 3.19. The summed E-state index contributed by atoms with van der Waals surface area (Å²) in [5.41, 5.74) is 1.40. The van der Waals surface area contributed by atoms with Crippen molar-refractivity contribution in [2.24, 2.45) is 0 Å². The molecule has 31 heavy (non-hydrogen) atoms. The first kappa shape index (κ1) is 20.5. The van der Waals surface area contributed by atoms with E-state index >= 15 is 0 Å². The number of pyridine rings is 1. The highest BCUT2D eigenvalue weighted by Gasteiger charge is 2.13. The second kappa shape index (κ2) is 8.92. The van der Waals surface area contributed by atoms with Crippen LogP contribution in [-0.2, 0) is 0 Å². The van der Waals surface area contributed by atoms with Crippen molar-refractivity contribution in [3.63, 3.8) is 0 Å². The summed E-state index contributed by atoms with van der Waals surface area (Å²) >= 11 is 0. The van der Waals surface area contributed by atoms with E-state index in [9.17, 15) is 4.79 Å². The molecule has 0 radical (unpaired) electrons. The molecule has 6 heteroatoms. The number of nitrogens with zero attached hydrogens (tertiary/aromatic N) is 1. The molecule has 0 saturated carbocycles. The molecule has 0 bridgehead atoms. The van der Waals surface area contributed by atoms with Gasteiger partial charge in [-0.25, -0.2) is 0 Å². The Morgan fingerprint density at radius 2 is 1.74 bits per heavy atom. The van der Waals surface area contributed by atoms with Gasteiger partial charge in [0.2, 0.25) is 0 Å². The summed E-state index contributed by atoms with van der Waals surface area (Å²) in [4.78, 5) is 16.9. The van der Waals surface area contributed by atoms with Crippen molar-refractivity contribution in [3.8, 4) is 23.0 Å². The van der Waals surface area contributed by atoms with Crippen molar-refractivity contribution in [1.82, 2.24) is 10.3 Å². The van der Waals surface area contributed by atoms with Crippen molar-refractivity contribution in [2.75, 3.05) is 20.8 Å². The van der Waals surface area contributed by atoms with Gasteiger partial charge in [-0.05, 0) is 53.6 Å². The number of hydrogen-bond acceptors (Lipinski definition) is 5. The monoisotopic (exact) mass is 416 g/mol. The van der Waals surface area contributed by atoms with E-state index in [1.165, 1.54) is 0 Å². The van der Waals surface area contributed by atoms with Crippen molar-refractivity contribution in [1.29, 1.82) is 0 Å². The lowest BCUT2D eigenvalue weighted by molar-refractivity contribution is 0.0955. The minimum Gasteiger partial charge on any atom is -0.493 e. The number of rotatable bonds is 7. The zero-order chi connectivity index (χ0) is 21.8. The number of carbonyl (C=O) groups excluding carboxylic acids is 1. The molecular weight excluding hydrogens is 392 g/mol. The fourth-order valence-corrected chi connectivity index (χ4v) is 3.52. The molecule has 0 aliphatic carbocycles. The van der Waals surface area contributed by atoms with Gasteiger partial charge in [0.1, 0.15) is 11.5 Å². The predicted molar refractivity (Wildman–Crippen MR) is 121 cm³/mol. The van der Waals surface area contributed by atoms with Gasteiger partial charge >= 0.3 is 0 Å². The highest BCUT2D eigenvalue weighted by atomic mass is 16.5. The molecule has 6 nitrogen and oxygen atoms in total. The van der Waals surface area contributed by atoms with Crippen LogP contribution in [0.1, 0.15) is 23.7 Å². The molecule has 1 amide bonds. The first-order valence-corrected chi connectivity index (χ1v) is 10.1. The van der Waals surface area contributed by atoms with Crippen LogP contribution >= 0.6 is 0 Å². The lowest BCUT2D eigenvalue weighted by atomic mass is 10.0. The summed E-state index contributed by atoms with van der Waals surface area (Å²) in [6.45, 7) is 2.68. The van der Waals surface area contributed by atoms with E-state index in [2.05, 4.69) is 10.3 Å². The third-order valence-electron chi connectivity index (χ3n) is 5.07. The molecule has 3 aromatic carbocycles. The van der Waals surface area contributed by atoms with E-state index < -0.39 is 0 Å². The molecule has 1 aromatic heterocycles. The Hall–Kier alpha value is -3.80. The number of hydrogen-bond donors (Lipinski definition) is 1. The standard InChI is InChI=1S/C25H24N2O4/c1-4-11-27-25(28)19-7-5-6-16-13-17(8-9-18(16)19)31-22-10-12-26-21-15-24(30-3)23(29-2)14-20(21)22/h5-10,12-15H,4,11H2,1-3H3,(H,27,28). The van der Waals surface area contributed by atoms with Gasteiger partial charge in [0.05, 0.1) is 19.7 Å². The maximum Gasteiger partial charge on any atom is 0.251 e. The van der Waals surface area contributed by atoms with Gasteiger partial charge in [-0.1, -0.05) is 19.1 Å². The lowest BCUT2D eigenvalue weighted by Crippen LogP contribution is -2.24. The Balaban J connectivity index is 1.70. The zero-order valence-electron chi connectivity index (χ0n) is 17.8. The van der Waals surface area contributed by atoms with Gasteiger partial charge < -0.3 is 19.5 Å². The summed E-state index contributed by atoms with van der Waals surface area (Å²) in [6.07, 6.45) is 2.59. The maximum absolute atomic E-state index is 12.5. The van der Waals surface area contributed by atoms with Crippen LogP contribution in [0.4, 0.5) is 0 Å². The minimum atomic E-state index is -0.0673. The first-order valence-electron chi connectivity index (χ1n) is 10.1. The number of carbonyl (C=O) groups is 1. The van der Waals surface area contributed by atoms with Crippen LogP contribution < -0.4 is 19.5 Å². The van der Waals surface area contributed by atoms with Gasteiger partial charge in [0.25, 0.3) is 5.91 Å². The number of aromatic nitrogens is 1. The van der Waals surface area contributed by atoms with Gasteiger partial charge in [-0.2, -0.15) is 0 Å². The summed E-state index contributed by atoms with van der Waals surface area (Å²) in [5, 5.41) is 5.56. The average Bonchev–Trinajstić information content (AvgIpc) is 2.81. The highest BCUT2D eigenvalue weighted by Crippen LogP contribution is 2.37. The quantitative estimate of drug-likeness (QED) is 0.441. The molecule has 158 valence electrons. The zero-order valence-corrected chi connectivity index (χ0v) is 17.8. The molecule has 0 fully saturated rings. The van der Waals surface area contributed by atoms with Crippen molar-refractivity contribution in [3.05, 3.63) is 66.4 Å². The fourth-order valence-electron chi connectivity index (χ4n) is 3.52. The van der Waals surface area contributed by atoms with Gasteiger partial charge in [0.15, 0.2) is 11.5 Å². The van der Waals surface area contributed by atoms with E-state index in [1.807, 2.05) is 61.5 Å². The van der Waals surface area contributed by atoms with E-state index in [1.54, 1.807) is 20.4 Å². The summed E-state index contributed by atoms with van der Waals surface area (Å²) < 4.78 is 17.0. The Morgan fingerprint density at radius 1 is 0.935 bits per heavy atom. The van der Waals surface area contributed by atoms with Crippen molar-refractivity contribution < 1.29 is 19.0 Å². The molecule has 0 aliphatic rings. The second-order valence-electron chi connectivity index (χ2n) is 7.08. The largest absolute Gasteiger partial charge is 0.493 e. The van der Waals surface area contributed by atoms with E-state index in [0.29, 0.717) is 35.1 Å². The third kappa shape index (κ3) is 4.10. The number of ether oxygens (including phenoxy) is 3. The Labute approximate surface area is 180 Å². The molecule has 0 atom stereocenters. The molecule has 0 saturated heterocycles. The Kier molecular flexibility index (Phi) is 5.89. The van der Waals surface area contributed by atoms with Gasteiger partial charge in [0, 0.05) is 29.8 Å². The maximum atomic E-state index is 12.5. The van der Waals surface area contributed by atoms with Gasteiger partial charge in [-0.15, -0.1) is 0 Å². The van der Waals surface area contributed by atoms with Crippen molar-refractivity contribution in [2.45, 2.75) is 13.3 Å². The smallest absolute Gasteiger partial charge is 0.251 e. The number of methoxy groups -OCH3 is 2. The van der Waals surface area contributed by atoms with Crippen LogP contribution in [0.25, 0.3) is 21.7 Å². The highest BCUT2D eigenvalue weighted by molar-refractivity contribution is 6.07. The van der Waals surface area contributed by atoms with E-state index in [4.69, 9.17) is 14.2 Å². The Morgan fingerprint density at radius 3 is 2.52 bits per heavy atom. The van der Waals surface area contributed by atoms with Crippen LogP contribution in [0.2, 0.25) is 0 Å². The average molecular weight is 416 g/mol. The van der Waals surface area contributed by atoms with Crippen LogP contribution in [-0.4, -0.2) is 31.7 Å². The second-order valence-corrected chi connectivity index (χ2v) is 7.08. The van der Waals surface area contributed by atoms with E-state index in [-0.39, 0.29) is 5.91 Å². The molecule has 4 rings (SSSR count). The fraction of sp³-hybridized carbons (Fsp3) is 0.200. The predicted octanol–water partition coefficient (Wildman–Crippen LogP) is 5.34. The third-order valence-corrected chi connectivity index (χ3v) is 5.07. The topological polar surface area (TPSA) is 69.7 Å². The minimum absolute atomic E-state index is 0.0673. The molecule has 4 aromatic rings. The normalized spacial score (nSPS) is 10.8. The lowest BCUT2D eigenvalue weighted by Gasteiger charge is -2.13. The molecule has 1 N–H and O–H groups in total. The van der Waals surface area contributed by atoms with Gasteiger partial charge in [-0.3, -0.25) is 9.78 Å². The van der Waals surface area contributed by atoms with Crippen LogP contribution in [0.5, 0.6) is 23.0 Å². The molecule has 1 heterocycles. The number of benzene rings is 3. The Bertz CT molecular complexity index is 1250. The summed E-state index contributed by atoms with van der Waals surface area (Å²) in [5.74, 6) is 2.47. The number of nitrogens with one attached hydrogen (secondary N) is 1. The SMILES string of the molecule is CCCNC(=O)c1cccc2cc(Oc3ccnc4cc(OC)c(OC)cc34)ccc12. The molecule has 0 aliphatic heterocycles. The van der Waals surface area contributed by atoms with E-state index in [0.717, 1.165) is 28.1 Å². The van der Waals surface area contributed by atoms with Crippen molar-refractivity contribution >= 4 is 27.6 Å². The summed E-state index contributed by atoms with van der Waals surface area (Å²) in [6, 6.07) is 16.9. The van der Waals surface area contributed by atoms with Crippen LogP contribution in [0.15, 0.2) is 60.8 Å².